The summed E-state index contributed by atoms with van der Waals surface area (Å²) in [6, 6.07) is 7.84. The van der Waals surface area contributed by atoms with Crippen molar-refractivity contribution in [1.82, 2.24) is 15.4 Å². The Kier molecular flexibility index (Phi) is 6.46. The van der Waals surface area contributed by atoms with E-state index in [1.165, 1.54) is 11.9 Å². The second kappa shape index (κ2) is 8.57. The molecule has 0 radical (unpaired) electrons. The van der Waals surface area contributed by atoms with Gasteiger partial charge < -0.3 is 5.32 Å². The molecule has 8 nitrogen and oxygen atoms in total. The van der Waals surface area contributed by atoms with Gasteiger partial charge in [-0.1, -0.05) is 25.5 Å². The Morgan fingerprint density at radius 3 is 2.35 bits per heavy atom. The first kappa shape index (κ1) is 19.6. The van der Waals surface area contributed by atoms with Crippen LogP contribution in [0.2, 0.25) is 0 Å². The molecule has 3 N–H and O–H groups in total. The molecule has 1 heterocycles. The van der Waals surface area contributed by atoms with Crippen LogP contribution in [0.3, 0.4) is 0 Å². The first-order chi connectivity index (χ1) is 12.3. The average molecular weight is 358 g/mol. The van der Waals surface area contributed by atoms with Gasteiger partial charge in [0.15, 0.2) is 0 Å². The zero-order chi connectivity index (χ0) is 19.2. The Morgan fingerprint density at radius 2 is 1.77 bits per heavy atom. The van der Waals surface area contributed by atoms with Crippen molar-refractivity contribution < 1.29 is 4.92 Å². The summed E-state index contributed by atoms with van der Waals surface area (Å²) in [5, 5.41) is 14.6. The minimum absolute atomic E-state index is 0.113. The predicted octanol–water partition coefficient (Wildman–Crippen LogP) is 4.19. The van der Waals surface area contributed by atoms with Gasteiger partial charge >= 0.3 is 5.69 Å². The fraction of sp³-hybridized carbons (Fsp3) is 0.444. The number of nitro groups is 1. The van der Waals surface area contributed by atoms with Crippen LogP contribution in [0, 0.1) is 10.1 Å². The van der Waals surface area contributed by atoms with Crippen LogP contribution in [-0.2, 0) is 6.42 Å². The van der Waals surface area contributed by atoms with Crippen molar-refractivity contribution in [3.8, 4) is 0 Å². The number of hydrogen-bond acceptors (Lipinski definition) is 7. The van der Waals surface area contributed by atoms with E-state index in [4.69, 9.17) is 0 Å². The standard InChI is InChI=1S/C18H26N6O2/c1-5-6-7-13-8-10-14(11-9-13)21-16-15(24(25)26)17(20-12-19-16)22-23-18(2,3)4/h8-12,23H,5-7H2,1-4H3,(H2,19,20,21,22). The van der Waals surface area contributed by atoms with Gasteiger partial charge in [0, 0.05) is 11.2 Å². The summed E-state index contributed by atoms with van der Waals surface area (Å²) in [6.07, 6.45) is 4.60. The Balaban J connectivity index is 2.21. The van der Waals surface area contributed by atoms with Crippen LogP contribution in [-0.4, -0.2) is 20.4 Å². The zero-order valence-electron chi connectivity index (χ0n) is 15.7. The highest BCUT2D eigenvalue weighted by atomic mass is 16.6. The predicted molar refractivity (Wildman–Crippen MR) is 104 cm³/mol. The van der Waals surface area contributed by atoms with Crippen molar-refractivity contribution in [1.29, 1.82) is 0 Å². The number of aromatic nitrogens is 2. The van der Waals surface area contributed by atoms with E-state index in [0.29, 0.717) is 0 Å². The third-order valence-corrected chi connectivity index (χ3v) is 3.60. The molecule has 1 aromatic carbocycles. The monoisotopic (exact) mass is 358 g/mol. The van der Waals surface area contributed by atoms with E-state index in [2.05, 4.69) is 33.1 Å². The molecule has 0 atom stereocenters. The lowest BCUT2D eigenvalue weighted by Crippen LogP contribution is -2.40. The molecule has 0 aliphatic carbocycles. The van der Waals surface area contributed by atoms with E-state index in [1.54, 1.807) is 0 Å². The van der Waals surface area contributed by atoms with E-state index in [9.17, 15) is 10.1 Å². The topological polar surface area (TPSA) is 105 Å². The lowest BCUT2D eigenvalue weighted by Gasteiger charge is -2.21. The molecule has 0 amide bonds. The number of rotatable bonds is 8. The molecule has 1 aromatic heterocycles. The molecule has 0 saturated carbocycles. The van der Waals surface area contributed by atoms with E-state index >= 15 is 0 Å². The zero-order valence-corrected chi connectivity index (χ0v) is 15.7. The second-order valence-corrected chi connectivity index (χ2v) is 7.10. The van der Waals surface area contributed by atoms with Crippen molar-refractivity contribution >= 4 is 23.0 Å². The molecule has 0 spiro atoms. The van der Waals surface area contributed by atoms with Crippen LogP contribution in [0.1, 0.15) is 46.1 Å². The minimum atomic E-state index is -0.495. The van der Waals surface area contributed by atoms with Gasteiger partial charge in [-0.3, -0.25) is 15.5 Å². The number of unbranched alkanes of at least 4 members (excludes halogenated alkanes) is 1. The Hall–Kier alpha value is -2.74. The molecule has 2 aromatic rings. The molecule has 0 bridgehead atoms. The van der Waals surface area contributed by atoms with Crippen LogP contribution in [0.25, 0.3) is 0 Å². The molecule has 0 fully saturated rings. The molecule has 0 saturated heterocycles. The molecule has 140 valence electrons. The first-order valence-corrected chi connectivity index (χ1v) is 8.68. The summed E-state index contributed by atoms with van der Waals surface area (Å²) >= 11 is 0. The number of nitrogens with one attached hydrogen (secondary N) is 3. The molecule has 2 rings (SSSR count). The van der Waals surface area contributed by atoms with Crippen LogP contribution < -0.4 is 16.2 Å². The first-order valence-electron chi connectivity index (χ1n) is 8.68. The largest absolute Gasteiger partial charge is 0.354 e. The molecule has 0 unspecified atom stereocenters. The van der Waals surface area contributed by atoms with Crippen molar-refractivity contribution in [2.75, 3.05) is 10.7 Å². The van der Waals surface area contributed by atoms with E-state index < -0.39 is 4.92 Å². The normalized spacial score (nSPS) is 11.2. The van der Waals surface area contributed by atoms with Gasteiger partial charge in [-0.2, -0.15) is 0 Å². The van der Waals surface area contributed by atoms with Crippen molar-refractivity contribution in [2.45, 2.75) is 52.5 Å². The van der Waals surface area contributed by atoms with Crippen molar-refractivity contribution in [3.63, 3.8) is 0 Å². The van der Waals surface area contributed by atoms with Crippen molar-refractivity contribution in [2.24, 2.45) is 0 Å². The number of nitrogens with zero attached hydrogens (tertiary/aromatic N) is 3. The van der Waals surface area contributed by atoms with E-state index in [1.807, 2.05) is 45.0 Å². The van der Waals surface area contributed by atoms with Crippen LogP contribution in [0.15, 0.2) is 30.6 Å². The fourth-order valence-corrected chi connectivity index (χ4v) is 2.25. The highest BCUT2D eigenvalue weighted by molar-refractivity contribution is 5.73. The molecule has 26 heavy (non-hydrogen) atoms. The Bertz CT molecular complexity index is 740. The fourth-order valence-electron chi connectivity index (χ4n) is 2.25. The number of hydrazine groups is 1. The summed E-state index contributed by atoms with van der Waals surface area (Å²) in [5.74, 6) is 0.256. The molecule has 0 aliphatic rings. The van der Waals surface area contributed by atoms with E-state index in [-0.39, 0.29) is 22.9 Å². The summed E-state index contributed by atoms with van der Waals surface area (Å²) in [6.45, 7) is 7.97. The van der Waals surface area contributed by atoms with Gasteiger partial charge in [0.25, 0.3) is 0 Å². The maximum atomic E-state index is 11.5. The summed E-state index contributed by atoms with van der Waals surface area (Å²) < 4.78 is 0. The lowest BCUT2D eigenvalue weighted by molar-refractivity contribution is -0.383. The average Bonchev–Trinajstić information content (AvgIpc) is 2.58. The maximum Gasteiger partial charge on any atom is 0.354 e. The third kappa shape index (κ3) is 5.66. The molecular formula is C18H26N6O2. The molecule has 8 heteroatoms. The second-order valence-electron chi connectivity index (χ2n) is 7.10. The maximum absolute atomic E-state index is 11.5. The number of aryl methyl sites for hydroxylation is 1. The summed E-state index contributed by atoms with van der Waals surface area (Å²) in [4.78, 5) is 19.1. The van der Waals surface area contributed by atoms with Crippen LogP contribution in [0.4, 0.5) is 23.0 Å². The van der Waals surface area contributed by atoms with Gasteiger partial charge in [-0.25, -0.2) is 15.4 Å². The lowest BCUT2D eigenvalue weighted by atomic mass is 10.1. The SMILES string of the molecule is CCCCc1ccc(Nc2ncnc(NNC(C)(C)C)c2[N+](=O)[O-])cc1. The Labute approximate surface area is 153 Å². The molecular weight excluding hydrogens is 332 g/mol. The Morgan fingerprint density at radius 1 is 1.12 bits per heavy atom. The van der Waals surface area contributed by atoms with Gasteiger partial charge in [-0.05, 0) is 51.3 Å². The van der Waals surface area contributed by atoms with Gasteiger partial charge in [0.2, 0.25) is 11.6 Å². The van der Waals surface area contributed by atoms with E-state index in [0.717, 1.165) is 24.9 Å². The van der Waals surface area contributed by atoms with Gasteiger partial charge in [0.05, 0.1) is 4.92 Å². The minimum Gasteiger partial charge on any atom is -0.334 e. The quantitative estimate of drug-likeness (QED) is 0.480. The third-order valence-electron chi connectivity index (χ3n) is 3.60. The molecule has 0 aliphatic heterocycles. The summed E-state index contributed by atoms with van der Waals surface area (Å²) in [5.41, 5.74) is 7.28. The van der Waals surface area contributed by atoms with Gasteiger partial charge in [-0.15, -0.1) is 0 Å². The van der Waals surface area contributed by atoms with Crippen molar-refractivity contribution in [3.05, 3.63) is 46.3 Å². The summed E-state index contributed by atoms with van der Waals surface area (Å²) in [7, 11) is 0. The van der Waals surface area contributed by atoms with Crippen LogP contribution >= 0.6 is 0 Å². The van der Waals surface area contributed by atoms with Crippen LogP contribution in [0.5, 0.6) is 0 Å². The van der Waals surface area contributed by atoms with Gasteiger partial charge in [0.1, 0.15) is 6.33 Å². The number of hydrogen-bond donors (Lipinski definition) is 3. The highest BCUT2D eigenvalue weighted by Crippen LogP contribution is 2.31. The number of benzene rings is 1. The smallest absolute Gasteiger partial charge is 0.334 e. The highest BCUT2D eigenvalue weighted by Gasteiger charge is 2.24. The number of anilines is 3.